The number of esters is 1. The first-order chi connectivity index (χ1) is 11.9. The molecular weight excluding hydrogens is 318 g/mol. The van der Waals surface area contributed by atoms with Crippen LogP contribution in [0, 0.1) is 17.2 Å². The van der Waals surface area contributed by atoms with E-state index in [2.05, 4.69) is 23.8 Å². The highest BCUT2D eigenvalue weighted by atomic mass is 16.5. The lowest BCUT2D eigenvalue weighted by molar-refractivity contribution is 0.0593. The van der Waals surface area contributed by atoms with Crippen LogP contribution in [0.5, 0.6) is 0 Å². The second-order valence-electron chi connectivity index (χ2n) is 6.26. The van der Waals surface area contributed by atoms with E-state index < -0.39 is 5.97 Å². The third-order valence-corrected chi connectivity index (χ3v) is 3.94. The van der Waals surface area contributed by atoms with Crippen molar-refractivity contribution in [1.82, 2.24) is 14.5 Å². The summed E-state index contributed by atoms with van der Waals surface area (Å²) in [4.78, 5) is 20.0. The number of methoxy groups -OCH3 is 1. The number of fused-ring (bicyclic) bond motifs is 1. The number of anilines is 1. The molecule has 0 unspecified atom stereocenters. The Morgan fingerprint density at radius 3 is 2.88 bits per heavy atom. The van der Waals surface area contributed by atoms with Crippen molar-refractivity contribution in [2.24, 2.45) is 5.92 Å². The maximum absolute atomic E-state index is 12.1. The van der Waals surface area contributed by atoms with E-state index in [1.165, 1.54) is 13.3 Å². The number of nitrogens with two attached hydrogens (primary N) is 1. The third-order valence-electron chi connectivity index (χ3n) is 3.94. The van der Waals surface area contributed by atoms with Gasteiger partial charge in [0, 0.05) is 18.3 Å². The van der Waals surface area contributed by atoms with Crippen molar-refractivity contribution in [2.45, 2.75) is 20.3 Å². The lowest BCUT2D eigenvalue weighted by Crippen LogP contribution is -2.11. The van der Waals surface area contributed by atoms with Crippen molar-refractivity contribution in [3.63, 3.8) is 0 Å². The number of nitriles is 1. The first kappa shape index (κ1) is 16.6. The number of carbonyl (C=O) groups is 1. The van der Waals surface area contributed by atoms with Crippen LogP contribution in [0.1, 0.15) is 35.7 Å². The predicted molar refractivity (Wildman–Crippen MR) is 94.4 cm³/mol. The van der Waals surface area contributed by atoms with E-state index >= 15 is 0 Å². The van der Waals surface area contributed by atoms with Gasteiger partial charge in [-0.25, -0.2) is 9.78 Å². The molecule has 3 N–H and O–H groups in total. The number of nitrogens with zero attached hydrogens (tertiary/aromatic N) is 3. The lowest BCUT2D eigenvalue weighted by atomic mass is 10.1. The zero-order chi connectivity index (χ0) is 18.1. The highest BCUT2D eigenvalue weighted by Crippen LogP contribution is 2.26. The van der Waals surface area contributed by atoms with Crippen LogP contribution in [0.15, 0.2) is 24.4 Å². The predicted octanol–water partition coefficient (Wildman–Crippen LogP) is 2.79. The van der Waals surface area contributed by atoms with Gasteiger partial charge in [-0.1, -0.05) is 13.8 Å². The van der Waals surface area contributed by atoms with Crippen molar-refractivity contribution in [3.05, 3.63) is 41.5 Å². The summed E-state index contributed by atoms with van der Waals surface area (Å²) in [6, 6.07) is 7.57. The molecule has 0 fully saturated rings. The molecule has 3 aromatic rings. The monoisotopic (exact) mass is 337 g/mol. The smallest absolute Gasteiger partial charge is 0.357 e. The minimum Gasteiger partial charge on any atom is -0.464 e. The summed E-state index contributed by atoms with van der Waals surface area (Å²) in [7, 11) is 1.28. The molecule has 0 aliphatic carbocycles. The molecule has 0 spiro atoms. The average molecular weight is 337 g/mol. The van der Waals surface area contributed by atoms with E-state index in [1.54, 1.807) is 4.57 Å². The normalized spacial score (nSPS) is 11.0. The van der Waals surface area contributed by atoms with E-state index in [4.69, 9.17) is 10.5 Å². The molecule has 7 heteroatoms. The number of aromatic nitrogens is 3. The molecule has 1 aromatic carbocycles. The number of rotatable bonds is 4. The zero-order valence-electron chi connectivity index (χ0n) is 14.3. The van der Waals surface area contributed by atoms with E-state index in [1.807, 2.05) is 24.3 Å². The summed E-state index contributed by atoms with van der Waals surface area (Å²) in [6.07, 6.45) is 2.39. The number of nitrogens with one attached hydrogen (secondary N) is 1. The number of hydrogen-bond acceptors (Lipinski definition) is 5. The molecule has 0 bridgehead atoms. The molecule has 2 heterocycles. The molecule has 128 valence electrons. The molecule has 0 radical (unpaired) electrons. The highest BCUT2D eigenvalue weighted by molar-refractivity contribution is 5.96. The average Bonchev–Trinajstić information content (AvgIpc) is 3.12. The fourth-order valence-electron chi connectivity index (χ4n) is 2.80. The number of aromatic amines is 1. The van der Waals surface area contributed by atoms with Gasteiger partial charge in [0.15, 0.2) is 5.69 Å². The molecule has 2 aromatic heterocycles. The van der Waals surface area contributed by atoms with Crippen molar-refractivity contribution in [1.29, 1.82) is 5.26 Å². The first-order valence-corrected chi connectivity index (χ1v) is 7.92. The molecule has 25 heavy (non-hydrogen) atoms. The van der Waals surface area contributed by atoms with Crippen LogP contribution in [-0.2, 0) is 11.2 Å². The maximum Gasteiger partial charge on any atom is 0.357 e. The van der Waals surface area contributed by atoms with Crippen LogP contribution >= 0.6 is 0 Å². The molecule has 0 saturated heterocycles. The van der Waals surface area contributed by atoms with Crippen LogP contribution in [0.3, 0.4) is 0 Å². The Bertz CT molecular complexity index is 991. The molecular formula is C18H19N5O2. The van der Waals surface area contributed by atoms with Crippen molar-refractivity contribution in [3.8, 4) is 11.8 Å². The van der Waals surface area contributed by atoms with Crippen LogP contribution in [0.2, 0.25) is 0 Å². The molecule has 0 atom stereocenters. The quantitative estimate of drug-likeness (QED) is 0.711. The van der Waals surface area contributed by atoms with Gasteiger partial charge >= 0.3 is 5.97 Å². The number of nitrogen functional groups attached to an aromatic ring is 1. The first-order valence-electron chi connectivity index (χ1n) is 7.92. The van der Waals surface area contributed by atoms with Crippen LogP contribution in [-0.4, -0.2) is 27.6 Å². The number of ether oxygens (including phenoxy) is 1. The van der Waals surface area contributed by atoms with Gasteiger partial charge in [-0.2, -0.15) is 5.26 Å². The van der Waals surface area contributed by atoms with Gasteiger partial charge < -0.3 is 20.0 Å². The summed E-state index contributed by atoms with van der Waals surface area (Å²) in [5.74, 6) is 0.817. The number of carbonyl (C=O) groups excluding carboxylic acids is 1. The van der Waals surface area contributed by atoms with Crippen molar-refractivity contribution < 1.29 is 9.53 Å². The summed E-state index contributed by atoms with van der Waals surface area (Å²) in [5, 5.41) is 9.20. The number of H-pyrrole nitrogens is 1. The second kappa shape index (κ2) is 6.32. The zero-order valence-corrected chi connectivity index (χ0v) is 14.3. The van der Waals surface area contributed by atoms with E-state index in [-0.39, 0.29) is 16.9 Å². The van der Waals surface area contributed by atoms with Gasteiger partial charge in [0.05, 0.1) is 29.4 Å². The topological polar surface area (TPSA) is 110 Å². The summed E-state index contributed by atoms with van der Waals surface area (Å²) < 4.78 is 6.37. The molecule has 0 aliphatic rings. The number of benzene rings is 1. The van der Waals surface area contributed by atoms with Gasteiger partial charge in [-0.15, -0.1) is 0 Å². The Hall–Kier alpha value is -3.27. The number of imidazole rings is 1. The Morgan fingerprint density at radius 1 is 1.48 bits per heavy atom. The van der Waals surface area contributed by atoms with Crippen molar-refractivity contribution in [2.75, 3.05) is 12.8 Å². The summed E-state index contributed by atoms with van der Waals surface area (Å²) in [6.45, 7) is 4.26. The minimum absolute atomic E-state index is 0.111. The van der Waals surface area contributed by atoms with Crippen LogP contribution in [0.25, 0.3) is 16.7 Å². The lowest BCUT2D eigenvalue weighted by Gasteiger charge is -2.08. The molecule has 3 rings (SSSR count). The third kappa shape index (κ3) is 2.94. The highest BCUT2D eigenvalue weighted by Gasteiger charge is 2.22. The Balaban J connectivity index is 2.13. The fraction of sp³-hybridized carbons (Fsp3) is 0.278. The Morgan fingerprint density at radius 2 is 2.24 bits per heavy atom. The largest absolute Gasteiger partial charge is 0.464 e. The van der Waals surface area contributed by atoms with Gasteiger partial charge in [-0.05, 0) is 24.1 Å². The van der Waals surface area contributed by atoms with E-state index in [0.29, 0.717) is 11.6 Å². The van der Waals surface area contributed by atoms with Gasteiger partial charge in [0.1, 0.15) is 11.9 Å². The minimum atomic E-state index is -0.593. The van der Waals surface area contributed by atoms with Gasteiger partial charge in [0.25, 0.3) is 0 Å². The summed E-state index contributed by atoms with van der Waals surface area (Å²) in [5.41, 5.74) is 8.81. The Kier molecular flexibility index (Phi) is 4.19. The van der Waals surface area contributed by atoms with Crippen LogP contribution in [0.4, 0.5) is 5.69 Å². The molecule has 7 nitrogen and oxygen atoms in total. The SMILES string of the molecule is COC(=O)c1c(N)c(C#N)cn1-c1ccc2nc(CC(C)C)[nH]c2c1. The molecule has 0 saturated carbocycles. The second-order valence-corrected chi connectivity index (χ2v) is 6.26. The maximum atomic E-state index is 12.1. The van der Waals surface area contributed by atoms with Crippen LogP contribution < -0.4 is 5.73 Å². The fourth-order valence-corrected chi connectivity index (χ4v) is 2.80. The summed E-state index contributed by atoms with van der Waals surface area (Å²) >= 11 is 0. The van der Waals surface area contributed by atoms with E-state index in [0.717, 1.165) is 23.3 Å². The van der Waals surface area contributed by atoms with Gasteiger partial charge in [0.2, 0.25) is 0 Å². The molecule has 0 amide bonds. The van der Waals surface area contributed by atoms with Gasteiger partial charge in [-0.3, -0.25) is 0 Å². The van der Waals surface area contributed by atoms with E-state index in [9.17, 15) is 10.1 Å². The molecule has 0 aliphatic heterocycles. The van der Waals surface area contributed by atoms with Crippen molar-refractivity contribution >= 4 is 22.7 Å². The number of hydrogen-bond donors (Lipinski definition) is 2. The Labute approximate surface area is 145 Å². The standard InChI is InChI=1S/C18H19N5O2/c1-10(2)6-15-21-13-5-4-12(7-14(13)22-15)23-9-11(8-19)16(20)17(23)18(24)25-3/h4-5,7,9-10H,6,20H2,1-3H3,(H,21,22).